The fourth-order valence-electron chi connectivity index (χ4n) is 8.00. The highest BCUT2D eigenvalue weighted by Crippen LogP contribution is 2.27. The monoisotopic (exact) mass is 852 g/mol. The van der Waals surface area contributed by atoms with E-state index in [2.05, 4.69) is 31.2 Å². The van der Waals surface area contributed by atoms with Gasteiger partial charge in [-0.2, -0.15) is 0 Å². The first-order chi connectivity index (χ1) is 28.9. The van der Waals surface area contributed by atoms with Gasteiger partial charge in [0.2, 0.25) is 35.4 Å². The van der Waals surface area contributed by atoms with Crippen LogP contribution in [0.25, 0.3) is 10.9 Å². The van der Waals surface area contributed by atoms with Gasteiger partial charge in [0.15, 0.2) is 5.96 Å². The van der Waals surface area contributed by atoms with Gasteiger partial charge in [-0.1, -0.05) is 45.9 Å². The number of para-hydroxylation sites is 1. The normalized spacial score (nSPS) is 18.9. The van der Waals surface area contributed by atoms with E-state index in [9.17, 15) is 38.7 Å². The van der Waals surface area contributed by atoms with E-state index in [1.54, 1.807) is 6.20 Å². The molecule has 0 saturated carbocycles. The fraction of sp³-hybridized carbons (Fsp3) is 0.619. The highest BCUT2D eigenvalue weighted by Gasteiger charge is 2.44. The molecule has 2 aliphatic rings. The molecular formula is C42H65N11O8. The van der Waals surface area contributed by atoms with Gasteiger partial charge in [-0.05, 0) is 81.8 Å². The van der Waals surface area contributed by atoms with Crippen molar-refractivity contribution in [1.82, 2.24) is 36.1 Å². The second-order valence-electron chi connectivity index (χ2n) is 17.0. The Morgan fingerprint density at radius 2 is 1.44 bits per heavy atom. The summed E-state index contributed by atoms with van der Waals surface area (Å²) in [6.07, 6.45) is 4.46. The Bertz CT molecular complexity index is 1910. The van der Waals surface area contributed by atoms with Crippen LogP contribution in [-0.2, 0) is 40.0 Å². The highest BCUT2D eigenvalue weighted by atomic mass is 16.4. The summed E-state index contributed by atoms with van der Waals surface area (Å²) in [5.41, 5.74) is 18.5. The molecule has 3 heterocycles. The summed E-state index contributed by atoms with van der Waals surface area (Å²) in [4.78, 5) is 105. The maximum atomic E-state index is 14.3. The Morgan fingerprint density at radius 3 is 2.10 bits per heavy atom. The van der Waals surface area contributed by atoms with Crippen molar-refractivity contribution in [3.8, 4) is 0 Å². The Hall–Kier alpha value is -5.72. The number of fused-ring (bicyclic) bond motifs is 1. The van der Waals surface area contributed by atoms with Crippen molar-refractivity contribution in [2.75, 3.05) is 19.6 Å². The van der Waals surface area contributed by atoms with Gasteiger partial charge in [0.05, 0.1) is 6.04 Å². The van der Waals surface area contributed by atoms with Gasteiger partial charge >= 0.3 is 5.97 Å². The van der Waals surface area contributed by atoms with E-state index < -0.39 is 83.7 Å². The van der Waals surface area contributed by atoms with Crippen LogP contribution in [0.4, 0.5) is 0 Å². The number of H-pyrrole nitrogens is 1. The molecule has 2 saturated heterocycles. The topological polar surface area (TPSA) is 301 Å². The van der Waals surface area contributed by atoms with Crippen LogP contribution in [0.2, 0.25) is 0 Å². The number of carboxylic acid groups (broad SMARTS) is 1. The zero-order chi connectivity index (χ0) is 45.0. The average molecular weight is 852 g/mol. The number of carbonyl (C=O) groups is 7. The molecular weight excluding hydrogens is 787 g/mol. The number of carbonyl (C=O) groups excluding carboxylic acids is 6. The number of nitrogens with two attached hydrogens (primary N) is 3. The molecule has 0 aliphatic carbocycles. The van der Waals surface area contributed by atoms with Gasteiger partial charge in [0.1, 0.15) is 36.3 Å². The standard InChI is InChI=1S/C42H65N11O8/c1-23(2)19-28(43)36(55)48-25(5)35(54)49-30(13-8-16-46-42(44)45)39(58)53-18-10-15-34(53)40(59)52-17-9-14-33(52)38(57)50-31(20-24(3)4)37(56)51-32(41(60)61)21-26-22-47-29-12-7-6-11-27(26)29/h6-7,11-12,22-25,28,30-34,47H,8-10,13-21,43H2,1-5H3,(H,48,55)(H,49,54)(H,50,57)(H,51,56)(H,60,61)(H4,44,45,46)/t25-,28-,30-,31-,32-,33-,34-/m0/s1. The first kappa shape index (κ1) is 48.0. The van der Waals surface area contributed by atoms with Crippen LogP contribution in [0.15, 0.2) is 35.5 Å². The smallest absolute Gasteiger partial charge is 0.326 e. The molecule has 0 spiro atoms. The highest BCUT2D eigenvalue weighted by molar-refractivity contribution is 5.97. The minimum absolute atomic E-state index is 0.0124. The maximum Gasteiger partial charge on any atom is 0.326 e. The molecule has 12 N–H and O–H groups in total. The van der Waals surface area contributed by atoms with Crippen LogP contribution in [0.3, 0.4) is 0 Å². The molecule has 2 aliphatic heterocycles. The molecule has 2 aromatic rings. The van der Waals surface area contributed by atoms with Crippen LogP contribution < -0.4 is 38.5 Å². The number of rotatable bonds is 21. The first-order valence-corrected chi connectivity index (χ1v) is 21.3. The predicted octanol–water partition coefficient (Wildman–Crippen LogP) is 0.209. The molecule has 1 aromatic heterocycles. The van der Waals surface area contributed by atoms with Crippen molar-refractivity contribution in [2.45, 2.75) is 135 Å². The Morgan fingerprint density at radius 1 is 0.803 bits per heavy atom. The summed E-state index contributed by atoms with van der Waals surface area (Å²) < 4.78 is 0. The number of benzene rings is 1. The number of aromatic nitrogens is 1. The largest absolute Gasteiger partial charge is 0.480 e. The summed E-state index contributed by atoms with van der Waals surface area (Å²) >= 11 is 0. The lowest BCUT2D eigenvalue weighted by Gasteiger charge is -2.33. The van der Waals surface area contributed by atoms with Gasteiger partial charge in [-0.15, -0.1) is 0 Å². The minimum atomic E-state index is -1.27. The summed E-state index contributed by atoms with van der Waals surface area (Å²) in [7, 11) is 0. The summed E-state index contributed by atoms with van der Waals surface area (Å²) in [5.74, 6) is -4.50. The Kier molecular flexibility index (Phi) is 17.5. The zero-order valence-electron chi connectivity index (χ0n) is 35.9. The van der Waals surface area contributed by atoms with E-state index in [4.69, 9.17) is 17.2 Å². The van der Waals surface area contributed by atoms with Gasteiger partial charge in [0, 0.05) is 43.2 Å². The molecule has 19 heteroatoms. The number of aliphatic carboxylic acids is 1. The number of amides is 6. The number of hydrogen-bond acceptors (Lipinski definition) is 9. The lowest BCUT2D eigenvalue weighted by atomic mass is 10.0. The molecule has 2 fully saturated rings. The van der Waals surface area contributed by atoms with Crippen molar-refractivity contribution in [1.29, 1.82) is 0 Å². The number of hydrogen-bond donors (Lipinski definition) is 9. The van der Waals surface area contributed by atoms with Gasteiger partial charge in [-0.25, -0.2) is 4.79 Å². The SMILES string of the molecule is CC(C)C[C@H](NC(=O)[C@@H]1CCCN1C(=O)[C@@H]1CCCN1C(=O)[C@H](CCCN=C(N)N)NC(=O)[C@H](C)NC(=O)[C@@H](N)CC(C)C)C(=O)N[C@@H](Cc1c[nH]c2ccccc12)C(=O)O. The number of carboxylic acids is 1. The molecule has 7 atom stereocenters. The van der Waals surface area contributed by atoms with E-state index in [0.717, 1.165) is 10.9 Å². The molecule has 6 amide bonds. The molecule has 0 unspecified atom stereocenters. The van der Waals surface area contributed by atoms with E-state index in [1.165, 1.54) is 16.7 Å². The van der Waals surface area contributed by atoms with Crippen molar-refractivity contribution in [2.24, 2.45) is 34.0 Å². The molecule has 19 nitrogen and oxygen atoms in total. The van der Waals surface area contributed by atoms with Crippen molar-refractivity contribution in [3.63, 3.8) is 0 Å². The number of aromatic amines is 1. The Labute approximate surface area is 356 Å². The minimum Gasteiger partial charge on any atom is -0.480 e. The van der Waals surface area contributed by atoms with Crippen LogP contribution in [0.5, 0.6) is 0 Å². The van der Waals surface area contributed by atoms with Crippen molar-refractivity contribution < 1.29 is 38.7 Å². The fourth-order valence-corrected chi connectivity index (χ4v) is 8.00. The quantitative estimate of drug-likeness (QED) is 0.0465. The number of nitrogens with zero attached hydrogens (tertiary/aromatic N) is 3. The molecule has 0 radical (unpaired) electrons. The van der Waals surface area contributed by atoms with Crippen molar-refractivity contribution >= 4 is 58.3 Å². The van der Waals surface area contributed by atoms with E-state index >= 15 is 0 Å². The second kappa shape index (κ2) is 22.2. The molecule has 4 rings (SSSR count). The zero-order valence-corrected chi connectivity index (χ0v) is 35.9. The van der Waals surface area contributed by atoms with Crippen LogP contribution in [0, 0.1) is 11.8 Å². The average Bonchev–Trinajstić information content (AvgIpc) is 3.98. The molecule has 1 aromatic carbocycles. The van der Waals surface area contributed by atoms with Gasteiger partial charge in [-0.3, -0.25) is 33.8 Å². The molecule has 61 heavy (non-hydrogen) atoms. The van der Waals surface area contributed by atoms with Gasteiger partial charge in [0.25, 0.3) is 0 Å². The van der Waals surface area contributed by atoms with E-state index in [-0.39, 0.29) is 56.7 Å². The second-order valence-corrected chi connectivity index (χ2v) is 17.0. The molecule has 336 valence electrons. The number of guanidine groups is 1. The summed E-state index contributed by atoms with van der Waals surface area (Å²) in [6.45, 7) is 9.75. The lowest BCUT2D eigenvalue weighted by molar-refractivity contribution is -0.148. The van der Waals surface area contributed by atoms with Crippen LogP contribution in [0.1, 0.15) is 91.5 Å². The number of aliphatic imine (C=N–C) groups is 1. The number of nitrogens with one attached hydrogen (secondary N) is 5. The predicted molar refractivity (Wildman–Crippen MR) is 229 cm³/mol. The summed E-state index contributed by atoms with van der Waals surface area (Å²) in [5, 5.41) is 21.7. The van der Waals surface area contributed by atoms with Crippen molar-refractivity contribution in [3.05, 3.63) is 36.0 Å². The maximum absolute atomic E-state index is 14.3. The third kappa shape index (κ3) is 13.4. The van der Waals surface area contributed by atoms with E-state index in [0.29, 0.717) is 44.1 Å². The Balaban J connectivity index is 1.45. The first-order valence-electron chi connectivity index (χ1n) is 21.3. The molecule has 0 bridgehead atoms. The lowest BCUT2D eigenvalue weighted by Crippen LogP contribution is -2.59. The van der Waals surface area contributed by atoms with Gasteiger partial charge < -0.3 is 58.4 Å². The third-order valence-corrected chi connectivity index (χ3v) is 11.1. The summed E-state index contributed by atoms with van der Waals surface area (Å²) in [6, 6.07) is 0.306. The number of likely N-dealkylation sites (tertiary alicyclic amines) is 2. The van der Waals surface area contributed by atoms with Crippen LogP contribution in [-0.4, -0.2) is 129 Å². The third-order valence-electron chi connectivity index (χ3n) is 11.1. The van der Waals surface area contributed by atoms with Crippen LogP contribution >= 0.6 is 0 Å². The van der Waals surface area contributed by atoms with E-state index in [1.807, 2.05) is 52.0 Å².